The lowest BCUT2D eigenvalue weighted by atomic mass is 10.1. The molecule has 0 saturated carbocycles. The van der Waals surface area contributed by atoms with Crippen molar-refractivity contribution in [2.45, 2.75) is 13.8 Å². The van der Waals surface area contributed by atoms with Crippen LogP contribution in [0.3, 0.4) is 0 Å². The zero-order valence-electron chi connectivity index (χ0n) is 9.68. The van der Waals surface area contributed by atoms with Gasteiger partial charge in [0.25, 0.3) is 0 Å². The summed E-state index contributed by atoms with van der Waals surface area (Å²) in [4.78, 5) is 21.8. The SMILES string of the molecule is CC(C)C(=O)N/N=C/c1ccc(C(=O)O)cc1. The fourth-order valence-corrected chi connectivity index (χ4v) is 1.01. The summed E-state index contributed by atoms with van der Waals surface area (Å²) in [5.41, 5.74) is 3.32. The van der Waals surface area contributed by atoms with Gasteiger partial charge in [-0.25, -0.2) is 10.2 Å². The molecule has 1 aromatic carbocycles. The van der Waals surface area contributed by atoms with Crippen molar-refractivity contribution in [3.8, 4) is 0 Å². The smallest absolute Gasteiger partial charge is 0.335 e. The Morgan fingerprint density at radius 2 is 1.88 bits per heavy atom. The van der Waals surface area contributed by atoms with Crippen molar-refractivity contribution in [2.75, 3.05) is 0 Å². The van der Waals surface area contributed by atoms with Crippen molar-refractivity contribution < 1.29 is 14.7 Å². The molecular weight excluding hydrogens is 220 g/mol. The van der Waals surface area contributed by atoms with Crippen LogP contribution in [0.1, 0.15) is 29.8 Å². The van der Waals surface area contributed by atoms with E-state index < -0.39 is 5.97 Å². The third-order valence-corrected chi connectivity index (χ3v) is 2.07. The summed E-state index contributed by atoms with van der Waals surface area (Å²) in [7, 11) is 0. The Bertz CT molecular complexity index is 436. The summed E-state index contributed by atoms with van der Waals surface area (Å²) < 4.78 is 0. The molecular formula is C12H14N2O3. The molecule has 0 saturated heterocycles. The molecule has 0 aliphatic heterocycles. The van der Waals surface area contributed by atoms with Gasteiger partial charge < -0.3 is 5.11 Å². The molecule has 1 aromatic rings. The zero-order chi connectivity index (χ0) is 12.8. The predicted molar refractivity (Wildman–Crippen MR) is 64.0 cm³/mol. The van der Waals surface area contributed by atoms with Crippen LogP contribution in [0, 0.1) is 5.92 Å². The number of hydrogen-bond donors (Lipinski definition) is 2. The summed E-state index contributed by atoms with van der Waals surface area (Å²) in [5, 5.41) is 12.5. The van der Waals surface area contributed by atoms with E-state index in [1.807, 2.05) is 0 Å². The lowest BCUT2D eigenvalue weighted by molar-refractivity contribution is -0.123. The van der Waals surface area contributed by atoms with Crippen LogP contribution >= 0.6 is 0 Å². The number of amides is 1. The van der Waals surface area contributed by atoms with Gasteiger partial charge in [0.15, 0.2) is 0 Å². The molecule has 1 amide bonds. The van der Waals surface area contributed by atoms with Crippen LogP contribution in [-0.2, 0) is 4.79 Å². The van der Waals surface area contributed by atoms with E-state index in [2.05, 4.69) is 10.5 Å². The molecule has 0 unspecified atom stereocenters. The van der Waals surface area contributed by atoms with Gasteiger partial charge in [-0.05, 0) is 17.7 Å². The van der Waals surface area contributed by atoms with E-state index in [1.165, 1.54) is 18.3 Å². The molecule has 5 nitrogen and oxygen atoms in total. The molecule has 17 heavy (non-hydrogen) atoms. The van der Waals surface area contributed by atoms with Crippen molar-refractivity contribution in [1.29, 1.82) is 0 Å². The molecule has 1 rings (SSSR count). The number of carboxylic acid groups (broad SMARTS) is 1. The van der Waals surface area contributed by atoms with Gasteiger partial charge in [0.1, 0.15) is 0 Å². The topological polar surface area (TPSA) is 78.8 Å². The monoisotopic (exact) mass is 234 g/mol. The van der Waals surface area contributed by atoms with E-state index in [9.17, 15) is 9.59 Å². The number of carbonyl (C=O) groups excluding carboxylic acids is 1. The minimum Gasteiger partial charge on any atom is -0.478 e. The second-order valence-corrected chi connectivity index (χ2v) is 3.82. The summed E-state index contributed by atoms with van der Waals surface area (Å²) in [6.45, 7) is 3.54. The Morgan fingerprint density at radius 1 is 1.29 bits per heavy atom. The van der Waals surface area contributed by atoms with Gasteiger partial charge >= 0.3 is 5.97 Å². The highest BCUT2D eigenvalue weighted by Gasteiger charge is 2.04. The molecule has 0 radical (unpaired) electrons. The molecule has 90 valence electrons. The summed E-state index contributed by atoms with van der Waals surface area (Å²) in [5.74, 6) is -1.26. The molecule has 0 spiro atoms. The van der Waals surface area contributed by atoms with Crippen molar-refractivity contribution in [3.05, 3.63) is 35.4 Å². The van der Waals surface area contributed by atoms with Crippen LogP contribution in [0.15, 0.2) is 29.4 Å². The van der Waals surface area contributed by atoms with Crippen LogP contribution in [0.25, 0.3) is 0 Å². The number of carboxylic acids is 1. The molecule has 5 heteroatoms. The standard InChI is InChI=1S/C12H14N2O3/c1-8(2)11(15)14-13-7-9-3-5-10(6-4-9)12(16)17/h3-8H,1-2H3,(H,14,15)(H,16,17)/b13-7+. The van der Waals surface area contributed by atoms with E-state index in [0.29, 0.717) is 0 Å². The van der Waals surface area contributed by atoms with Crippen LogP contribution in [0.5, 0.6) is 0 Å². The third-order valence-electron chi connectivity index (χ3n) is 2.07. The van der Waals surface area contributed by atoms with Gasteiger partial charge in [0.05, 0.1) is 11.8 Å². The van der Waals surface area contributed by atoms with E-state index in [-0.39, 0.29) is 17.4 Å². The number of aromatic carboxylic acids is 1. The van der Waals surface area contributed by atoms with Gasteiger partial charge in [-0.15, -0.1) is 0 Å². The number of hydrogen-bond acceptors (Lipinski definition) is 3. The summed E-state index contributed by atoms with van der Waals surface area (Å²) >= 11 is 0. The molecule has 0 aliphatic rings. The Morgan fingerprint density at radius 3 is 2.35 bits per heavy atom. The molecule has 0 aliphatic carbocycles. The minimum atomic E-state index is -0.971. The van der Waals surface area contributed by atoms with Crippen molar-refractivity contribution >= 4 is 18.1 Å². The second-order valence-electron chi connectivity index (χ2n) is 3.82. The number of nitrogens with one attached hydrogen (secondary N) is 1. The maximum atomic E-state index is 11.2. The fraction of sp³-hybridized carbons (Fsp3) is 0.250. The Kier molecular flexibility index (Phi) is 4.39. The molecule has 0 aromatic heterocycles. The van der Waals surface area contributed by atoms with Gasteiger partial charge in [-0.3, -0.25) is 4.79 Å². The third kappa shape index (κ3) is 4.06. The van der Waals surface area contributed by atoms with Gasteiger partial charge in [-0.1, -0.05) is 26.0 Å². The normalized spacial score (nSPS) is 10.8. The highest BCUT2D eigenvalue weighted by Crippen LogP contribution is 2.02. The Labute approximate surface area is 99.2 Å². The van der Waals surface area contributed by atoms with Crippen molar-refractivity contribution in [2.24, 2.45) is 11.0 Å². The maximum absolute atomic E-state index is 11.2. The number of hydrazone groups is 1. The molecule has 0 bridgehead atoms. The van der Waals surface area contributed by atoms with E-state index in [4.69, 9.17) is 5.11 Å². The first-order valence-corrected chi connectivity index (χ1v) is 5.17. The fourth-order valence-electron chi connectivity index (χ4n) is 1.01. The number of carbonyl (C=O) groups is 2. The largest absolute Gasteiger partial charge is 0.478 e. The van der Waals surface area contributed by atoms with Crippen LogP contribution < -0.4 is 5.43 Å². The molecule has 0 heterocycles. The number of benzene rings is 1. The van der Waals surface area contributed by atoms with Gasteiger partial charge in [0, 0.05) is 5.92 Å². The molecule has 0 fully saturated rings. The second kappa shape index (κ2) is 5.79. The lowest BCUT2D eigenvalue weighted by Crippen LogP contribution is -2.22. The Hall–Kier alpha value is -2.17. The predicted octanol–water partition coefficient (Wildman–Crippen LogP) is 1.49. The number of nitrogens with zero attached hydrogens (tertiary/aromatic N) is 1. The van der Waals surface area contributed by atoms with Crippen LogP contribution in [-0.4, -0.2) is 23.2 Å². The zero-order valence-corrected chi connectivity index (χ0v) is 9.68. The van der Waals surface area contributed by atoms with Crippen LogP contribution in [0.2, 0.25) is 0 Å². The van der Waals surface area contributed by atoms with E-state index in [1.54, 1.807) is 26.0 Å². The first-order chi connectivity index (χ1) is 8.00. The maximum Gasteiger partial charge on any atom is 0.335 e. The summed E-state index contributed by atoms with van der Waals surface area (Å²) in [6.07, 6.45) is 1.46. The average molecular weight is 234 g/mol. The summed E-state index contributed by atoms with van der Waals surface area (Å²) in [6, 6.07) is 6.20. The van der Waals surface area contributed by atoms with E-state index in [0.717, 1.165) is 5.56 Å². The van der Waals surface area contributed by atoms with Crippen molar-refractivity contribution in [3.63, 3.8) is 0 Å². The quantitative estimate of drug-likeness (QED) is 0.612. The minimum absolute atomic E-state index is 0.124. The Balaban J connectivity index is 2.60. The molecule has 2 N–H and O–H groups in total. The van der Waals surface area contributed by atoms with Gasteiger partial charge in [0.2, 0.25) is 5.91 Å². The highest BCUT2D eigenvalue weighted by atomic mass is 16.4. The lowest BCUT2D eigenvalue weighted by Gasteiger charge is -2.01. The number of rotatable bonds is 4. The average Bonchev–Trinajstić information content (AvgIpc) is 2.29. The van der Waals surface area contributed by atoms with E-state index >= 15 is 0 Å². The van der Waals surface area contributed by atoms with Gasteiger partial charge in [-0.2, -0.15) is 5.10 Å². The van der Waals surface area contributed by atoms with Crippen LogP contribution in [0.4, 0.5) is 0 Å². The van der Waals surface area contributed by atoms with Crippen molar-refractivity contribution in [1.82, 2.24) is 5.43 Å². The first-order valence-electron chi connectivity index (χ1n) is 5.17. The first kappa shape index (κ1) is 12.9. The highest BCUT2D eigenvalue weighted by molar-refractivity contribution is 5.89. The molecule has 0 atom stereocenters.